The Balaban J connectivity index is 1.81. The summed E-state index contributed by atoms with van der Waals surface area (Å²) >= 11 is 3.41. The van der Waals surface area contributed by atoms with E-state index in [0.717, 1.165) is 21.3 Å². The first-order valence-electron chi connectivity index (χ1n) is 6.55. The summed E-state index contributed by atoms with van der Waals surface area (Å²) in [6.07, 6.45) is 0. The first kappa shape index (κ1) is 15.4. The second-order valence-corrected chi connectivity index (χ2v) is 5.57. The van der Waals surface area contributed by atoms with Crippen LogP contribution in [-0.4, -0.2) is 12.8 Å². The second-order valence-electron chi connectivity index (χ2n) is 4.72. The van der Waals surface area contributed by atoms with Gasteiger partial charge >= 0.3 is 6.03 Å². The van der Waals surface area contributed by atoms with Gasteiger partial charge in [-0.05, 0) is 59.6 Å². The largest absolute Gasteiger partial charge is 0.473 e. The van der Waals surface area contributed by atoms with Gasteiger partial charge in [0.25, 0.3) is 0 Å². The number of carbonyl (C=O) groups excluding carboxylic acids is 1. The van der Waals surface area contributed by atoms with Gasteiger partial charge in [0.2, 0.25) is 0 Å². The first-order chi connectivity index (χ1) is 10.0. The number of benzene rings is 2. The van der Waals surface area contributed by atoms with Crippen molar-refractivity contribution in [3.05, 3.63) is 58.1 Å². The minimum Gasteiger partial charge on any atom is -0.473 e. The SMILES string of the molecule is Cc1ccc(OCNC(=O)Nc2ccc(C)cc2Br)cc1. The van der Waals surface area contributed by atoms with Crippen molar-refractivity contribution in [2.24, 2.45) is 0 Å². The quantitative estimate of drug-likeness (QED) is 0.812. The van der Waals surface area contributed by atoms with E-state index in [1.165, 1.54) is 0 Å². The number of halogens is 1. The van der Waals surface area contributed by atoms with Gasteiger partial charge < -0.3 is 15.4 Å². The number of urea groups is 1. The molecule has 0 atom stereocenters. The minimum absolute atomic E-state index is 0.109. The Bertz CT molecular complexity index is 627. The van der Waals surface area contributed by atoms with Crippen molar-refractivity contribution < 1.29 is 9.53 Å². The van der Waals surface area contributed by atoms with Gasteiger partial charge in [0.05, 0.1) is 5.69 Å². The molecule has 0 radical (unpaired) electrons. The highest BCUT2D eigenvalue weighted by Crippen LogP contribution is 2.23. The van der Waals surface area contributed by atoms with E-state index in [4.69, 9.17) is 4.74 Å². The Hall–Kier alpha value is -2.01. The van der Waals surface area contributed by atoms with Crippen molar-refractivity contribution in [3.8, 4) is 5.75 Å². The molecule has 0 aromatic heterocycles. The third kappa shape index (κ3) is 4.79. The van der Waals surface area contributed by atoms with Crippen LogP contribution in [0.2, 0.25) is 0 Å². The number of anilines is 1. The molecule has 2 aromatic rings. The molecule has 0 heterocycles. The van der Waals surface area contributed by atoms with E-state index in [0.29, 0.717) is 5.69 Å². The van der Waals surface area contributed by atoms with Crippen LogP contribution in [0.1, 0.15) is 11.1 Å². The Labute approximate surface area is 132 Å². The topological polar surface area (TPSA) is 50.4 Å². The number of amides is 2. The molecule has 0 saturated carbocycles. The van der Waals surface area contributed by atoms with E-state index in [-0.39, 0.29) is 12.8 Å². The summed E-state index contributed by atoms with van der Waals surface area (Å²) in [7, 11) is 0. The molecule has 110 valence electrons. The molecule has 4 nitrogen and oxygen atoms in total. The Morgan fingerprint density at radius 2 is 1.76 bits per heavy atom. The monoisotopic (exact) mass is 348 g/mol. The summed E-state index contributed by atoms with van der Waals surface area (Å²) in [5.74, 6) is 0.720. The van der Waals surface area contributed by atoms with Crippen molar-refractivity contribution in [2.75, 3.05) is 12.0 Å². The van der Waals surface area contributed by atoms with Crippen molar-refractivity contribution in [2.45, 2.75) is 13.8 Å². The van der Waals surface area contributed by atoms with Crippen LogP contribution in [0.3, 0.4) is 0 Å². The predicted octanol–water partition coefficient (Wildman–Crippen LogP) is 4.22. The molecule has 2 amide bonds. The Morgan fingerprint density at radius 3 is 2.43 bits per heavy atom. The number of hydrogen-bond acceptors (Lipinski definition) is 2. The molecule has 21 heavy (non-hydrogen) atoms. The maximum Gasteiger partial charge on any atom is 0.321 e. The molecule has 0 bridgehead atoms. The predicted molar refractivity (Wildman–Crippen MR) is 87.7 cm³/mol. The van der Waals surface area contributed by atoms with Gasteiger partial charge in [0, 0.05) is 4.47 Å². The van der Waals surface area contributed by atoms with Gasteiger partial charge in [0.15, 0.2) is 6.73 Å². The molecule has 0 aliphatic heterocycles. The Morgan fingerprint density at radius 1 is 1.10 bits per heavy atom. The van der Waals surface area contributed by atoms with Crippen molar-refractivity contribution in [1.29, 1.82) is 0 Å². The third-order valence-electron chi connectivity index (χ3n) is 2.87. The molecule has 2 N–H and O–H groups in total. The van der Waals surface area contributed by atoms with E-state index in [1.54, 1.807) is 0 Å². The standard InChI is InChI=1S/C16H17BrN2O2/c1-11-3-6-13(7-4-11)21-10-18-16(20)19-15-8-5-12(2)9-14(15)17/h3-9H,10H2,1-2H3,(H2,18,19,20). The molecule has 0 unspecified atom stereocenters. The minimum atomic E-state index is -0.313. The molecule has 5 heteroatoms. The zero-order valence-electron chi connectivity index (χ0n) is 11.9. The first-order valence-corrected chi connectivity index (χ1v) is 7.34. The molecular formula is C16H17BrN2O2. The maximum atomic E-state index is 11.8. The average Bonchev–Trinajstić information content (AvgIpc) is 2.44. The fourth-order valence-electron chi connectivity index (χ4n) is 1.71. The summed E-state index contributed by atoms with van der Waals surface area (Å²) in [5, 5.41) is 5.40. The fourth-order valence-corrected chi connectivity index (χ4v) is 2.30. The number of ether oxygens (including phenoxy) is 1. The van der Waals surface area contributed by atoms with Crippen LogP contribution >= 0.6 is 15.9 Å². The van der Waals surface area contributed by atoms with Crippen LogP contribution in [-0.2, 0) is 0 Å². The van der Waals surface area contributed by atoms with Gasteiger partial charge in [-0.15, -0.1) is 0 Å². The lowest BCUT2D eigenvalue weighted by molar-refractivity contribution is 0.234. The highest BCUT2D eigenvalue weighted by Gasteiger charge is 2.05. The van der Waals surface area contributed by atoms with Gasteiger partial charge in [-0.3, -0.25) is 0 Å². The maximum absolute atomic E-state index is 11.8. The van der Waals surface area contributed by atoms with Crippen LogP contribution in [0, 0.1) is 13.8 Å². The van der Waals surface area contributed by atoms with Crippen LogP contribution < -0.4 is 15.4 Å². The van der Waals surface area contributed by atoms with Crippen LogP contribution in [0.25, 0.3) is 0 Å². The lowest BCUT2D eigenvalue weighted by atomic mass is 10.2. The number of carbonyl (C=O) groups is 1. The smallest absolute Gasteiger partial charge is 0.321 e. The van der Waals surface area contributed by atoms with Crippen LogP contribution in [0.15, 0.2) is 46.9 Å². The second kappa shape index (κ2) is 7.13. The summed E-state index contributed by atoms with van der Waals surface area (Å²) in [6.45, 7) is 4.11. The van der Waals surface area contributed by atoms with Gasteiger partial charge in [-0.1, -0.05) is 23.8 Å². The Kier molecular flexibility index (Phi) is 5.22. The van der Waals surface area contributed by atoms with Crippen molar-refractivity contribution >= 4 is 27.6 Å². The highest BCUT2D eigenvalue weighted by molar-refractivity contribution is 9.10. The highest BCUT2D eigenvalue weighted by atomic mass is 79.9. The normalized spacial score (nSPS) is 10.0. The molecule has 0 spiro atoms. The van der Waals surface area contributed by atoms with E-state index in [9.17, 15) is 4.79 Å². The van der Waals surface area contributed by atoms with E-state index in [2.05, 4.69) is 26.6 Å². The summed E-state index contributed by atoms with van der Waals surface area (Å²) < 4.78 is 6.28. The molecule has 0 saturated heterocycles. The lowest BCUT2D eigenvalue weighted by Crippen LogP contribution is -2.32. The molecule has 0 aliphatic carbocycles. The van der Waals surface area contributed by atoms with Gasteiger partial charge in [-0.25, -0.2) is 4.79 Å². The van der Waals surface area contributed by atoms with Crippen molar-refractivity contribution in [1.82, 2.24) is 5.32 Å². The number of aryl methyl sites for hydroxylation is 2. The van der Waals surface area contributed by atoms with E-state index >= 15 is 0 Å². The van der Waals surface area contributed by atoms with E-state index in [1.807, 2.05) is 56.3 Å². The average molecular weight is 349 g/mol. The summed E-state index contributed by atoms with van der Waals surface area (Å²) in [6, 6.07) is 13.1. The van der Waals surface area contributed by atoms with E-state index < -0.39 is 0 Å². The fraction of sp³-hybridized carbons (Fsp3) is 0.188. The molecular weight excluding hydrogens is 332 g/mol. The van der Waals surface area contributed by atoms with Gasteiger partial charge in [0.1, 0.15) is 5.75 Å². The molecule has 0 fully saturated rings. The number of nitrogens with one attached hydrogen (secondary N) is 2. The van der Waals surface area contributed by atoms with Crippen LogP contribution in [0.4, 0.5) is 10.5 Å². The third-order valence-corrected chi connectivity index (χ3v) is 3.52. The number of rotatable bonds is 4. The molecule has 2 rings (SSSR count). The van der Waals surface area contributed by atoms with Crippen molar-refractivity contribution in [3.63, 3.8) is 0 Å². The van der Waals surface area contributed by atoms with Crippen LogP contribution in [0.5, 0.6) is 5.75 Å². The number of hydrogen-bond donors (Lipinski definition) is 2. The summed E-state index contributed by atoms with van der Waals surface area (Å²) in [5.41, 5.74) is 3.00. The zero-order valence-corrected chi connectivity index (χ0v) is 13.5. The lowest BCUT2D eigenvalue weighted by Gasteiger charge is -2.11. The van der Waals surface area contributed by atoms with Gasteiger partial charge in [-0.2, -0.15) is 0 Å². The molecule has 0 aliphatic rings. The zero-order chi connectivity index (χ0) is 15.2. The molecule has 2 aromatic carbocycles. The summed E-state index contributed by atoms with van der Waals surface area (Å²) in [4.78, 5) is 11.8.